The van der Waals surface area contributed by atoms with Crippen molar-refractivity contribution in [3.8, 4) is 11.5 Å². The third-order valence-corrected chi connectivity index (χ3v) is 6.39. The standard InChI is InChI=1S/C28H26ClNO5/c1-5-35-23-15-19(9-13-22(23)34-4)25-24(26(31)18-7-10-20(29)11-8-18)27(32)28(33)30(25)21-12-6-16(2)17(3)14-21/h6-15,25,31H,5H2,1-4H3/b26-24+. The van der Waals surface area contributed by atoms with Gasteiger partial charge < -0.3 is 14.6 Å². The number of nitrogens with zero attached hydrogens (tertiary/aromatic N) is 1. The summed E-state index contributed by atoms with van der Waals surface area (Å²) in [5, 5.41) is 11.7. The lowest BCUT2D eigenvalue weighted by Gasteiger charge is -2.26. The van der Waals surface area contributed by atoms with Gasteiger partial charge in [-0.1, -0.05) is 23.7 Å². The molecule has 0 bridgehead atoms. The first-order valence-corrected chi connectivity index (χ1v) is 11.6. The first kappa shape index (κ1) is 24.4. The average molecular weight is 492 g/mol. The maximum Gasteiger partial charge on any atom is 0.300 e. The summed E-state index contributed by atoms with van der Waals surface area (Å²) in [5.41, 5.74) is 3.57. The molecule has 1 aliphatic rings. The third kappa shape index (κ3) is 4.49. The minimum atomic E-state index is -0.877. The first-order valence-electron chi connectivity index (χ1n) is 11.2. The van der Waals surface area contributed by atoms with Crippen molar-refractivity contribution in [3.05, 3.63) is 93.5 Å². The topological polar surface area (TPSA) is 76.1 Å². The zero-order valence-corrected chi connectivity index (χ0v) is 20.7. The number of anilines is 1. The van der Waals surface area contributed by atoms with Crippen molar-refractivity contribution >= 4 is 34.7 Å². The van der Waals surface area contributed by atoms with Gasteiger partial charge >= 0.3 is 0 Å². The molecule has 1 unspecified atom stereocenters. The Labute approximate surface area is 209 Å². The maximum absolute atomic E-state index is 13.4. The highest BCUT2D eigenvalue weighted by molar-refractivity contribution is 6.51. The second-order valence-electron chi connectivity index (χ2n) is 8.29. The van der Waals surface area contributed by atoms with E-state index in [1.165, 1.54) is 4.90 Å². The molecule has 7 heteroatoms. The molecule has 1 N–H and O–H groups in total. The van der Waals surface area contributed by atoms with Gasteiger partial charge in [0.15, 0.2) is 11.5 Å². The van der Waals surface area contributed by atoms with Crippen LogP contribution in [-0.4, -0.2) is 30.5 Å². The van der Waals surface area contributed by atoms with Crippen LogP contribution in [0.2, 0.25) is 5.02 Å². The number of ether oxygens (including phenoxy) is 2. The number of aryl methyl sites for hydroxylation is 2. The number of methoxy groups -OCH3 is 1. The molecule has 180 valence electrons. The van der Waals surface area contributed by atoms with Crippen LogP contribution in [0, 0.1) is 13.8 Å². The molecule has 3 aromatic carbocycles. The summed E-state index contributed by atoms with van der Waals surface area (Å²) in [5.74, 6) is -0.761. The highest BCUT2D eigenvalue weighted by atomic mass is 35.5. The van der Waals surface area contributed by atoms with Gasteiger partial charge in [0.25, 0.3) is 11.7 Å². The lowest BCUT2D eigenvalue weighted by molar-refractivity contribution is -0.132. The van der Waals surface area contributed by atoms with Gasteiger partial charge in [-0.15, -0.1) is 0 Å². The van der Waals surface area contributed by atoms with E-state index in [2.05, 4.69) is 0 Å². The number of Topliss-reactive ketones (excluding diaryl/α,β-unsaturated/α-hetero) is 1. The van der Waals surface area contributed by atoms with Crippen LogP contribution in [0.4, 0.5) is 5.69 Å². The molecule has 4 rings (SSSR count). The lowest BCUT2D eigenvalue weighted by Crippen LogP contribution is -2.29. The minimum Gasteiger partial charge on any atom is -0.507 e. The van der Waals surface area contributed by atoms with Crippen molar-refractivity contribution in [2.45, 2.75) is 26.8 Å². The SMILES string of the molecule is CCOc1cc(C2/C(=C(\O)c3ccc(Cl)cc3)C(=O)C(=O)N2c2ccc(C)c(C)c2)ccc1OC. The van der Waals surface area contributed by atoms with E-state index in [0.717, 1.165) is 11.1 Å². The molecule has 0 aliphatic carbocycles. The van der Waals surface area contributed by atoms with Gasteiger partial charge in [-0.3, -0.25) is 14.5 Å². The second kappa shape index (κ2) is 9.84. The Kier molecular flexibility index (Phi) is 6.85. The van der Waals surface area contributed by atoms with E-state index < -0.39 is 17.7 Å². The Balaban J connectivity index is 1.97. The van der Waals surface area contributed by atoms with Gasteiger partial charge in [-0.05, 0) is 86.0 Å². The van der Waals surface area contributed by atoms with Gasteiger partial charge in [0.05, 0.1) is 25.3 Å². The number of benzene rings is 3. The van der Waals surface area contributed by atoms with Crippen molar-refractivity contribution in [2.24, 2.45) is 0 Å². The van der Waals surface area contributed by atoms with E-state index in [4.69, 9.17) is 21.1 Å². The normalized spacial score (nSPS) is 17.1. The Hall–Kier alpha value is -3.77. The van der Waals surface area contributed by atoms with Crippen LogP contribution in [0.15, 0.2) is 66.2 Å². The molecule has 1 fully saturated rings. The summed E-state index contributed by atoms with van der Waals surface area (Å²) < 4.78 is 11.2. The van der Waals surface area contributed by atoms with Crippen LogP contribution in [-0.2, 0) is 9.59 Å². The molecule has 1 amide bonds. The monoisotopic (exact) mass is 491 g/mol. The van der Waals surface area contributed by atoms with Gasteiger partial charge in [0.2, 0.25) is 0 Å². The fourth-order valence-electron chi connectivity index (χ4n) is 4.18. The van der Waals surface area contributed by atoms with Crippen LogP contribution in [0.3, 0.4) is 0 Å². The van der Waals surface area contributed by atoms with Crippen molar-refractivity contribution < 1.29 is 24.2 Å². The Morgan fingerprint density at radius 1 is 0.971 bits per heavy atom. The van der Waals surface area contributed by atoms with E-state index in [1.54, 1.807) is 55.6 Å². The highest BCUT2D eigenvalue weighted by Gasteiger charge is 2.47. The number of hydrogen-bond donors (Lipinski definition) is 1. The molecule has 0 aromatic heterocycles. The molecule has 0 spiro atoms. The van der Waals surface area contributed by atoms with Crippen molar-refractivity contribution in [2.75, 3.05) is 18.6 Å². The smallest absolute Gasteiger partial charge is 0.300 e. The van der Waals surface area contributed by atoms with Crippen molar-refractivity contribution in [1.82, 2.24) is 0 Å². The van der Waals surface area contributed by atoms with Crippen molar-refractivity contribution in [3.63, 3.8) is 0 Å². The van der Waals surface area contributed by atoms with E-state index in [-0.39, 0.29) is 11.3 Å². The largest absolute Gasteiger partial charge is 0.507 e. The second-order valence-corrected chi connectivity index (χ2v) is 8.72. The molecule has 6 nitrogen and oxygen atoms in total. The number of ketones is 1. The predicted molar refractivity (Wildman–Crippen MR) is 136 cm³/mol. The average Bonchev–Trinajstić information content (AvgIpc) is 3.11. The third-order valence-electron chi connectivity index (χ3n) is 6.13. The predicted octanol–water partition coefficient (Wildman–Crippen LogP) is 5.99. The number of rotatable bonds is 6. The van der Waals surface area contributed by atoms with Gasteiger partial charge in [0, 0.05) is 16.3 Å². The van der Waals surface area contributed by atoms with Crippen LogP contribution in [0.5, 0.6) is 11.5 Å². The van der Waals surface area contributed by atoms with Crippen LogP contribution in [0.25, 0.3) is 5.76 Å². The summed E-state index contributed by atoms with van der Waals surface area (Å²) in [6.07, 6.45) is 0. The molecule has 0 saturated carbocycles. The van der Waals surface area contributed by atoms with E-state index in [1.807, 2.05) is 32.9 Å². The summed E-state index contributed by atoms with van der Waals surface area (Å²) in [7, 11) is 1.54. The first-order chi connectivity index (χ1) is 16.8. The fourth-order valence-corrected chi connectivity index (χ4v) is 4.31. The van der Waals surface area contributed by atoms with Gasteiger partial charge in [0.1, 0.15) is 5.76 Å². The van der Waals surface area contributed by atoms with Gasteiger partial charge in [-0.2, -0.15) is 0 Å². The van der Waals surface area contributed by atoms with Crippen LogP contribution < -0.4 is 14.4 Å². The lowest BCUT2D eigenvalue weighted by atomic mass is 9.94. The van der Waals surface area contributed by atoms with E-state index in [0.29, 0.717) is 39.9 Å². The molecule has 3 aromatic rings. The van der Waals surface area contributed by atoms with Crippen LogP contribution >= 0.6 is 11.6 Å². The minimum absolute atomic E-state index is 0.0110. The molecule has 1 heterocycles. The van der Waals surface area contributed by atoms with Crippen LogP contribution in [0.1, 0.15) is 35.2 Å². The van der Waals surface area contributed by atoms with E-state index in [9.17, 15) is 14.7 Å². The summed E-state index contributed by atoms with van der Waals surface area (Å²) >= 11 is 6.01. The number of aliphatic hydroxyl groups excluding tert-OH is 1. The Morgan fingerprint density at radius 3 is 2.31 bits per heavy atom. The Bertz CT molecular complexity index is 1330. The zero-order chi connectivity index (χ0) is 25.3. The molecule has 1 saturated heterocycles. The number of amides is 1. The number of halogens is 1. The molecule has 1 atom stereocenters. The molecule has 0 radical (unpaired) electrons. The van der Waals surface area contributed by atoms with Gasteiger partial charge in [-0.25, -0.2) is 0 Å². The highest BCUT2D eigenvalue weighted by Crippen LogP contribution is 2.44. The summed E-state index contributed by atoms with van der Waals surface area (Å²) in [6.45, 7) is 6.18. The van der Waals surface area contributed by atoms with E-state index >= 15 is 0 Å². The number of carbonyl (C=O) groups is 2. The molecular formula is C28H26ClNO5. The Morgan fingerprint density at radius 2 is 1.69 bits per heavy atom. The molecular weight excluding hydrogens is 466 g/mol. The zero-order valence-electron chi connectivity index (χ0n) is 20.0. The molecule has 35 heavy (non-hydrogen) atoms. The number of aliphatic hydroxyl groups is 1. The maximum atomic E-state index is 13.4. The summed E-state index contributed by atoms with van der Waals surface area (Å²) in [4.78, 5) is 28.1. The number of hydrogen-bond acceptors (Lipinski definition) is 5. The number of carbonyl (C=O) groups excluding carboxylic acids is 2. The van der Waals surface area contributed by atoms with Crippen molar-refractivity contribution in [1.29, 1.82) is 0 Å². The molecule has 1 aliphatic heterocycles. The summed E-state index contributed by atoms with van der Waals surface area (Å²) in [6, 6.07) is 16.4. The fraction of sp³-hybridized carbons (Fsp3) is 0.214. The quantitative estimate of drug-likeness (QED) is 0.260.